The van der Waals surface area contributed by atoms with Gasteiger partial charge in [0.05, 0.1) is 20.3 Å². The molecule has 2 aliphatic rings. The number of nitrogens with one attached hydrogen (secondary N) is 1. The van der Waals surface area contributed by atoms with Crippen LogP contribution in [0.4, 0.5) is 0 Å². The SMILES string of the molecule is COc1ccc(C(=O)N(C[C@@H]2CCCO2)[C@H](C(=O)NC2CCCC2)c2ccc(Cl)cc2)cc1OC. The first kappa shape index (κ1) is 25.3. The van der Waals surface area contributed by atoms with Crippen molar-refractivity contribution >= 4 is 23.4 Å². The third-order valence-electron chi connectivity index (χ3n) is 6.76. The molecule has 0 bridgehead atoms. The highest BCUT2D eigenvalue weighted by molar-refractivity contribution is 6.30. The number of ether oxygens (including phenoxy) is 3. The Kier molecular flexibility index (Phi) is 8.52. The van der Waals surface area contributed by atoms with Crippen molar-refractivity contribution in [1.29, 1.82) is 0 Å². The van der Waals surface area contributed by atoms with Gasteiger partial charge in [-0.25, -0.2) is 0 Å². The summed E-state index contributed by atoms with van der Waals surface area (Å²) in [6.07, 6.45) is 5.74. The molecule has 0 radical (unpaired) electrons. The van der Waals surface area contributed by atoms with Crippen molar-refractivity contribution in [3.63, 3.8) is 0 Å². The average Bonchev–Trinajstić information content (AvgIpc) is 3.58. The van der Waals surface area contributed by atoms with E-state index in [1.54, 1.807) is 42.3 Å². The van der Waals surface area contributed by atoms with Gasteiger partial charge in [0.15, 0.2) is 11.5 Å². The van der Waals surface area contributed by atoms with Gasteiger partial charge >= 0.3 is 0 Å². The molecular formula is C27H33ClN2O5. The maximum absolute atomic E-state index is 14.0. The smallest absolute Gasteiger partial charge is 0.255 e. The van der Waals surface area contributed by atoms with Crippen LogP contribution in [0.5, 0.6) is 11.5 Å². The highest BCUT2D eigenvalue weighted by Crippen LogP contribution is 2.32. The highest BCUT2D eigenvalue weighted by Gasteiger charge is 2.36. The summed E-state index contributed by atoms with van der Waals surface area (Å²) in [7, 11) is 3.08. The molecule has 2 aromatic carbocycles. The lowest BCUT2D eigenvalue weighted by atomic mass is 10.0. The minimum atomic E-state index is -0.822. The Balaban J connectivity index is 1.72. The van der Waals surface area contributed by atoms with Crippen LogP contribution in [0.25, 0.3) is 0 Å². The van der Waals surface area contributed by atoms with Crippen LogP contribution in [-0.2, 0) is 9.53 Å². The zero-order chi connectivity index (χ0) is 24.8. The standard InChI is InChI=1S/C27H33ClN2O5/c1-33-23-14-11-19(16-24(23)34-2)27(32)30(17-22-8-5-15-35-22)25(18-9-12-20(28)13-10-18)26(31)29-21-6-3-4-7-21/h9-14,16,21-22,25H,3-8,15,17H2,1-2H3,(H,29,31)/t22-,25-/m0/s1. The van der Waals surface area contributed by atoms with Gasteiger partial charge in [-0.2, -0.15) is 0 Å². The summed E-state index contributed by atoms with van der Waals surface area (Å²) >= 11 is 6.14. The molecular weight excluding hydrogens is 468 g/mol. The number of benzene rings is 2. The van der Waals surface area contributed by atoms with Gasteiger partial charge in [-0.15, -0.1) is 0 Å². The molecule has 35 heavy (non-hydrogen) atoms. The van der Waals surface area contributed by atoms with Crippen molar-refractivity contribution in [3.05, 3.63) is 58.6 Å². The fourth-order valence-electron chi connectivity index (χ4n) is 4.92. The Bertz CT molecular complexity index is 1020. The van der Waals surface area contributed by atoms with E-state index in [0.717, 1.165) is 38.5 Å². The number of halogens is 1. The third kappa shape index (κ3) is 6.08. The number of nitrogens with zero attached hydrogens (tertiary/aromatic N) is 1. The summed E-state index contributed by atoms with van der Waals surface area (Å²) in [6, 6.07) is 11.5. The molecule has 188 valence electrons. The minimum absolute atomic E-state index is 0.123. The quantitative estimate of drug-likeness (QED) is 0.536. The van der Waals surface area contributed by atoms with E-state index in [4.69, 9.17) is 25.8 Å². The Labute approximate surface area is 211 Å². The van der Waals surface area contributed by atoms with Crippen LogP contribution >= 0.6 is 11.6 Å². The van der Waals surface area contributed by atoms with Gasteiger partial charge in [-0.05, 0) is 61.6 Å². The summed E-state index contributed by atoms with van der Waals surface area (Å²) < 4.78 is 16.6. The van der Waals surface area contributed by atoms with Crippen LogP contribution in [0.3, 0.4) is 0 Å². The van der Waals surface area contributed by atoms with Gasteiger partial charge in [0, 0.05) is 29.8 Å². The van der Waals surface area contributed by atoms with Crippen LogP contribution in [0.15, 0.2) is 42.5 Å². The largest absolute Gasteiger partial charge is 0.493 e. The average molecular weight is 501 g/mol. The predicted molar refractivity (Wildman–Crippen MR) is 134 cm³/mol. The first-order valence-corrected chi connectivity index (χ1v) is 12.6. The van der Waals surface area contributed by atoms with E-state index in [2.05, 4.69) is 5.32 Å². The van der Waals surface area contributed by atoms with E-state index in [1.165, 1.54) is 7.11 Å². The fraction of sp³-hybridized carbons (Fsp3) is 0.481. The van der Waals surface area contributed by atoms with Gasteiger partial charge in [-0.3, -0.25) is 9.59 Å². The first-order chi connectivity index (χ1) is 17.0. The molecule has 1 N–H and O–H groups in total. The molecule has 1 saturated carbocycles. The van der Waals surface area contributed by atoms with E-state index in [-0.39, 0.29) is 24.0 Å². The predicted octanol–water partition coefficient (Wildman–Crippen LogP) is 4.78. The summed E-state index contributed by atoms with van der Waals surface area (Å²) in [4.78, 5) is 29.4. The molecule has 0 unspecified atom stereocenters. The van der Waals surface area contributed by atoms with Crippen LogP contribution < -0.4 is 14.8 Å². The number of rotatable bonds is 9. The zero-order valence-electron chi connectivity index (χ0n) is 20.3. The molecule has 2 aromatic rings. The number of amides is 2. The zero-order valence-corrected chi connectivity index (χ0v) is 21.1. The summed E-state index contributed by atoms with van der Waals surface area (Å²) in [6.45, 7) is 0.960. The summed E-state index contributed by atoms with van der Waals surface area (Å²) in [5, 5.41) is 3.76. The topological polar surface area (TPSA) is 77.1 Å². The number of hydrogen-bond donors (Lipinski definition) is 1. The first-order valence-electron chi connectivity index (χ1n) is 12.2. The van der Waals surface area contributed by atoms with Crippen LogP contribution in [0.1, 0.15) is 60.5 Å². The van der Waals surface area contributed by atoms with E-state index in [9.17, 15) is 9.59 Å². The molecule has 1 aliphatic carbocycles. The fourth-order valence-corrected chi connectivity index (χ4v) is 5.04. The molecule has 1 aliphatic heterocycles. The third-order valence-corrected chi connectivity index (χ3v) is 7.01. The van der Waals surface area contributed by atoms with Crippen LogP contribution in [0.2, 0.25) is 5.02 Å². The molecule has 0 aromatic heterocycles. The van der Waals surface area contributed by atoms with E-state index in [1.807, 2.05) is 12.1 Å². The Morgan fingerprint density at radius 2 is 1.74 bits per heavy atom. The van der Waals surface area contributed by atoms with Crippen molar-refractivity contribution in [2.75, 3.05) is 27.4 Å². The van der Waals surface area contributed by atoms with Gasteiger partial charge < -0.3 is 24.4 Å². The van der Waals surface area contributed by atoms with E-state index in [0.29, 0.717) is 40.8 Å². The second-order valence-electron chi connectivity index (χ2n) is 9.11. The highest BCUT2D eigenvalue weighted by atomic mass is 35.5. The van der Waals surface area contributed by atoms with Crippen molar-refractivity contribution < 1.29 is 23.8 Å². The Morgan fingerprint density at radius 1 is 1.03 bits per heavy atom. The minimum Gasteiger partial charge on any atom is -0.493 e. The summed E-state index contributed by atoms with van der Waals surface area (Å²) in [5.41, 5.74) is 1.12. The maximum atomic E-state index is 14.0. The van der Waals surface area contributed by atoms with Crippen LogP contribution in [0, 0.1) is 0 Å². The van der Waals surface area contributed by atoms with Crippen LogP contribution in [-0.4, -0.2) is 56.2 Å². The molecule has 7 nitrogen and oxygen atoms in total. The number of carbonyl (C=O) groups is 2. The van der Waals surface area contributed by atoms with Crippen molar-refractivity contribution in [3.8, 4) is 11.5 Å². The normalized spacial score (nSPS) is 18.8. The summed E-state index contributed by atoms with van der Waals surface area (Å²) in [5.74, 6) is 0.519. The van der Waals surface area contributed by atoms with Crippen molar-refractivity contribution in [2.45, 2.75) is 56.7 Å². The van der Waals surface area contributed by atoms with Gasteiger partial charge in [0.25, 0.3) is 5.91 Å². The second kappa shape index (κ2) is 11.8. The maximum Gasteiger partial charge on any atom is 0.255 e. The van der Waals surface area contributed by atoms with Gasteiger partial charge in [-0.1, -0.05) is 36.6 Å². The molecule has 2 amide bonds. The van der Waals surface area contributed by atoms with E-state index < -0.39 is 6.04 Å². The molecule has 1 saturated heterocycles. The van der Waals surface area contributed by atoms with Crippen molar-refractivity contribution in [1.82, 2.24) is 10.2 Å². The molecule has 0 spiro atoms. The lowest BCUT2D eigenvalue weighted by molar-refractivity contribution is -0.127. The lowest BCUT2D eigenvalue weighted by Crippen LogP contribution is -2.48. The molecule has 4 rings (SSSR count). The molecule has 2 atom stereocenters. The monoisotopic (exact) mass is 500 g/mol. The van der Waals surface area contributed by atoms with Gasteiger partial charge in [0.2, 0.25) is 5.91 Å². The number of carbonyl (C=O) groups excluding carboxylic acids is 2. The number of hydrogen-bond acceptors (Lipinski definition) is 5. The van der Waals surface area contributed by atoms with Crippen molar-refractivity contribution in [2.24, 2.45) is 0 Å². The molecule has 8 heteroatoms. The Morgan fingerprint density at radius 3 is 2.37 bits per heavy atom. The second-order valence-corrected chi connectivity index (χ2v) is 9.54. The van der Waals surface area contributed by atoms with Gasteiger partial charge in [0.1, 0.15) is 6.04 Å². The lowest BCUT2D eigenvalue weighted by Gasteiger charge is -2.34. The molecule has 2 fully saturated rings. The molecule has 1 heterocycles. The number of methoxy groups -OCH3 is 2. The van der Waals surface area contributed by atoms with E-state index >= 15 is 0 Å². The Hall–Kier alpha value is -2.77.